The van der Waals surface area contributed by atoms with Crippen LogP contribution in [0.15, 0.2) is 42.6 Å². The highest BCUT2D eigenvalue weighted by Gasteiger charge is 2.37. The predicted octanol–water partition coefficient (Wildman–Crippen LogP) is 2.81. The number of pyridine rings is 1. The first-order valence-corrected chi connectivity index (χ1v) is 10.7. The number of rotatable bonds is 5. The Morgan fingerprint density at radius 1 is 1.14 bits per heavy atom. The van der Waals surface area contributed by atoms with Crippen LogP contribution >= 0.6 is 0 Å². The number of aliphatic hydroxyl groups excluding tert-OH is 1. The summed E-state index contributed by atoms with van der Waals surface area (Å²) in [7, 11) is -3.64. The normalized spacial score (nSPS) is 17.3. The van der Waals surface area contributed by atoms with Crippen molar-refractivity contribution in [2.24, 2.45) is 0 Å². The minimum atomic E-state index is -4.53. The van der Waals surface area contributed by atoms with E-state index in [1.165, 1.54) is 21.5 Å². The Bertz CT molecular complexity index is 956. The first kappa shape index (κ1) is 21.5. The molecule has 0 bridgehead atoms. The van der Waals surface area contributed by atoms with E-state index in [9.17, 15) is 26.7 Å². The summed E-state index contributed by atoms with van der Waals surface area (Å²) in [5, 5.41) is 9.66. The van der Waals surface area contributed by atoms with Crippen LogP contribution in [-0.2, 0) is 22.0 Å². The van der Waals surface area contributed by atoms with Crippen molar-refractivity contribution in [2.45, 2.75) is 25.0 Å². The first-order chi connectivity index (χ1) is 13.6. The van der Waals surface area contributed by atoms with Gasteiger partial charge in [-0.1, -0.05) is 24.3 Å². The topological polar surface area (TPSA) is 73.7 Å². The zero-order chi connectivity index (χ0) is 21.2. The van der Waals surface area contributed by atoms with Crippen LogP contribution in [0.5, 0.6) is 0 Å². The van der Waals surface area contributed by atoms with E-state index in [1.54, 1.807) is 31.2 Å². The Morgan fingerprint density at radius 2 is 1.83 bits per heavy atom. The number of hydrogen-bond donors (Lipinski definition) is 1. The molecule has 29 heavy (non-hydrogen) atoms. The van der Waals surface area contributed by atoms with E-state index in [4.69, 9.17) is 0 Å². The van der Waals surface area contributed by atoms with Gasteiger partial charge in [0, 0.05) is 32.4 Å². The van der Waals surface area contributed by atoms with Crippen molar-refractivity contribution in [3.8, 4) is 0 Å². The number of alkyl halides is 3. The van der Waals surface area contributed by atoms with Gasteiger partial charge in [0.2, 0.25) is 10.0 Å². The fourth-order valence-corrected chi connectivity index (χ4v) is 4.80. The highest BCUT2D eigenvalue weighted by Crippen LogP contribution is 2.35. The van der Waals surface area contributed by atoms with Gasteiger partial charge in [0.25, 0.3) is 0 Å². The lowest BCUT2D eigenvalue weighted by atomic mass is 10.1. The number of halogens is 3. The Kier molecular flexibility index (Phi) is 6.16. The number of anilines is 1. The van der Waals surface area contributed by atoms with Crippen molar-refractivity contribution >= 4 is 15.8 Å². The summed E-state index contributed by atoms with van der Waals surface area (Å²) >= 11 is 0. The van der Waals surface area contributed by atoms with Gasteiger partial charge < -0.3 is 10.0 Å². The summed E-state index contributed by atoms with van der Waals surface area (Å²) in [6.07, 6.45) is -3.94. The maximum Gasteiger partial charge on any atom is 0.419 e. The monoisotopic (exact) mass is 429 g/mol. The number of aromatic nitrogens is 1. The summed E-state index contributed by atoms with van der Waals surface area (Å²) in [6.45, 7) is 1.98. The molecule has 1 aliphatic heterocycles. The Balaban J connectivity index is 1.70. The molecular weight excluding hydrogens is 407 g/mol. The molecule has 6 nitrogen and oxygen atoms in total. The van der Waals surface area contributed by atoms with Crippen LogP contribution < -0.4 is 4.90 Å². The lowest BCUT2D eigenvalue weighted by Gasteiger charge is -2.35. The molecule has 158 valence electrons. The lowest BCUT2D eigenvalue weighted by Crippen LogP contribution is -2.49. The van der Waals surface area contributed by atoms with Gasteiger partial charge in [-0.2, -0.15) is 17.5 Å². The van der Waals surface area contributed by atoms with Gasteiger partial charge in [-0.15, -0.1) is 0 Å². The van der Waals surface area contributed by atoms with E-state index in [2.05, 4.69) is 4.98 Å². The fraction of sp³-hybridized carbons (Fsp3) is 0.421. The van der Waals surface area contributed by atoms with Crippen LogP contribution in [0.3, 0.4) is 0 Å². The molecule has 0 amide bonds. The highest BCUT2D eigenvalue weighted by molar-refractivity contribution is 7.88. The van der Waals surface area contributed by atoms with Crippen LogP contribution in [0.2, 0.25) is 0 Å². The molecule has 0 saturated carbocycles. The third-order valence-corrected chi connectivity index (χ3v) is 6.66. The molecule has 1 unspecified atom stereocenters. The Morgan fingerprint density at radius 3 is 2.45 bits per heavy atom. The standard InChI is InChI=1S/C19H22F3N3O3S/c1-14(26)16-5-2-4-15(12-16)13-29(27,28)25-10-8-24(9-11-25)18-17(19(20,21)22)6-3-7-23-18/h2-7,12,14,26H,8-11,13H2,1H3. The molecule has 0 spiro atoms. The van der Waals surface area contributed by atoms with Crippen LogP contribution in [0.1, 0.15) is 29.7 Å². The van der Waals surface area contributed by atoms with Crippen molar-refractivity contribution in [3.63, 3.8) is 0 Å². The van der Waals surface area contributed by atoms with Crippen molar-refractivity contribution in [1.82, 2.24) is 9.29 Å². The minimum absolute atomic E-state index is 0.0757. The SMILES string of the molecule is CC(O)c1cccc(CS(=O)(=O)N2CCN(c3ncccc3C(F)(F)F)CC2)c1. The molecule has 0 aliphatic carbocycles. The molecule has 2 aromatic rings. The van der Waals surface area contributed by atoms with Crippen LogP contribution in [0, 0.1) is 0 Å². The van der Waals surface area contributed by atoms with Crippen molar-refractivity contribution < 1.29 is 26.7 Å². The highest BCUT2D eigenvalue weighted by atomic mass is 32.2. The van der Waals surface area contributed by atoms with Gasteiger partial charge >= 0.3 is 6.18 Å². The molecule has 2 heterocycles. The molecule has 1 atom stereocenters. The molecule has 0 radical (unpaired) electrons. The van der Waals surface area contributed by atoms with E-state index in [0.29, 0.717) is 11.1 Å². The average Bonchev–Trinajstić information content (AvgIpc) is 2.67. The van der Waals surface area contributed by atoms with Crippen LogP contribution in [-0.4, -0.2) is 49.0 Å². The van der Waals surface area contributed by atoms with E-state index < -0.39 is 27.9 Å². The lowest BCUT2D eigenvalue weighted by molar-refractivity contribution is -0.137. The zero-order valence-electron chi connectivity index (χ0n) is 15.8. The second kappa shape index (κ2) is 8.29. The van der Waals surface area contributed by atoms with Crippen LogP contribution in [0.25, 0.3) is 0 Å². The van der Waals surface area contributed by atoms with Gasteiger partial charge in [0.1, 0.15) is 5.82 Å². The van der Waals surface area contributed by atoms with E-state index in [0.717, 1.165) is 6.07 Å². The number of hydrogen-bond acceptors (Lipinski definition) is 5. The quantitative estimate of drug-likeness (QED) is 0.791. The molecule has 1 fully saturated rings. The largest absolute Gasteiger partial charge is 0.419 e. The van der Waals surface area contributed by atoms with Gasteiger partial charge in [0.15, 0.2) is 0 Å². The molecule has 3 rings (SSSR count). The Labute approximate surface area is 167 Å². The minimum Gasteiger partial charge on any atom is -0.389 e. The van der Waals surface area contributed by atoms with E-state index in [1.807, 2.05) is 0 Å². The maximum absolute atomic E-state index is 13.2. The van der Waals surface area contributed by atoms with E-state index in [-0.39, 0.29) is 37.7 Å². The predicted molar refractivity (Wildman–Crippen MR) is 103 cm³/mol. The second-order valence-corrected chi connectivity index (χ2v) is 8.90. The summed E-state index contributed by atoms with van der Waals surface area (Å²) < 4.78 is 66.4. The number of nitrogens with zero attached hydrogens (tertiary/aromatic N) is 3. The van der Waals surface area contributed by atoms with Gasteiger partial charge in [-0.05, 0) is 30.2 Å². The number of piperazine rings is 1. The van der Waals surface area contributed by atoms with Crippen molar-refractivity contribution in [2.75, 3.05) is 31.1 Å². The van der Waals surface area contributed by atoms with Gasteiger partial charge in [0.05, 0.1) is 17.4 Å². The van der Waals surface area contributed by atoms with E-state index >= 15 is 0 Å². The fourth-order valence-electron chi connectivity index (χ4n) is 3.29. The van der Waals surface area contributed by atoms with Crippen LogP contribution in [0.4, 0.5) is 19.0 Å². The first-order valence-electron chi connectivity index (χ1n) is 9.10. The molecule has 1 aliphatic rings. The molecule has 1 N–H and O–H groups in total. The maximum atomic E-state index is 13.2. The third-order valence-electron chi connectivity index (χ3n) is 4.81. The zero-order valence-corrected chi connectivity index (χ0v) is 16.6. The summed E-state index contributed by atoms with van der Waals surface area (Å²) in [4.78, 5) is 5.33. The van der Waals surface area contributed by atoms with Gasteiger partial charge in [-0.25, -0.2) is 13.4 Å². The number of sulfonamides is 1. The summed E-state index contributed by atoms with van der Waals surface area (Å²) in [6, 6.07) is 8.91. The number of benzene rings is 1. The smallest absolute Gasteiger partial charge is 0.389 e. The molecule has 1 aromatic heterocycles. The van der Waals surface area contributed by atoms with Crippen molar-refractivity contribution in [1.29, 1.82) is 0 Å². The Hall–Kier alpha value is -2.17. The summed E-state index contributed by atoms with van der Waals surface area (Å²) in [5.74, 6) is -0.410. The molecular formula is C19H22F3N3O3S. The van der Waals surface area contributed by atoms with Crippen molar-refractivity contribution in [3.05, 3.63) is 59.3 Å². The molecule has 10 heteroatoms. The summed E-state index contributed by atoms with van der Waals surface area (Å²) in [5.41, 5.74) is 0.346. The average molecular weight is 429 g/mol. The van der Waals surface area contributed by atoms with Gasteiger partial charge in [-0.3, -0.25) is 0 Å². The number of aliphatic hydroxyl groups is 1. The molecule has 1 saturated heterocycles. The second-order valence-electron chi connectivity index (χ2n) is 6.94. The third kappa shape index (κ3) is 5.06. The molecule has 1 aromatic carbocycles.